The summed E-state index contributed by atoms with van der Waals surface area (Å²) < 4.78 is 0. The summed E-state index contributed by atoms with van der Waals surface area (Å²) in [5, 5.41) is 9.92. The largest absolute Gasteiger partial charge is 0.381 e. The third kappa shape index (κ3) is 1.00. The lowest BCUT2D eigenvalue weighted by molar-refractivity contribution is -0.147. The van der Waals surface area contributed by atoms with Crippen LogP contribution in [0.1, 0.15) is 26.2 Å². The van der Waals surface area contributed by atoms with Gasteiger partial charge in [0, 0.05) is 19.0 Å². The van der Waals surface area contributed by atoms with Gasteiger partial charge in [-0.15, -0.1) is 0 Å². The second-order valence-electron chi connectivity index (χ2n) is 4.01. The van der Waals surface area contributed by atoms with Gasteiger partial charge in [-0.3, -0.25) is 9.69 Å². The molecule has 0 aromatic heterocycles. The van der Waals surface area contributed by atoms with Crippen LogP contribution in [-0.2, 0) is 4.79 Å². The molecule has 3 heteroatoms. The lowest BCUT2D eigenvalue weighted by atomic mass is 9.85. The molecule has 2 heterocycles. The summed E-state index contributed by atoms with van der Waals surface area (Å²) in [6, 6.07) is 0.0961. The van der Waals surface area contributed by atoms with Gasteiger partial charge in [0.1, 0.15) is 5.60 Å². The molecule has 2 rings (SSSR count). The van der Waals surface area contributed by atoms with Gasteiger partial charge in [0.2, 0.25) is 0 Å². The fraction of sp³-hybridized carbons (Fsp3) is 0.889. The third-order valence-corrected chi connectivity index (χ3v) is 3.20. The standard InChI is InChI=1S/C9H15NO2/c1-9(12)7-3-2-5-10(7)6-4-8(9)11/h7,12H,2-6H2,1H3/t7?,9-/m1/s1. The smallest absolute Gasteiger partial charge is 0.166 e. The Morgan fingerprint density at radius 3 is 3.08 bits per heavy atom. The Morgan fingerprint density at radius 2 is 2.33 bits per heavy atom. The number of nitrogens with zero attached hydrogens (tertiary/aromatic N) is 1. The predicted octanol–water partition coefficient (Wildman–Crippen LogP) is 0.175. The first-order chi connectivity index (χ1) is 5.62. The molecule has 0 radical (unpaired) electrons. The van der Waals surface area contributed by atoms with Crippen molar-refractivity contribution >= 4 is 5.78 Å². The van der Waals surface area contributed by atoms with E-state index in [0.717, 1.165) is 25.9 Å². The Morgan fingerprint density at radius 1 is 1.58 bits per heavy atom. The number of rotatable bonds is 0. The summed E-state index contributed by atoms with van der Waals surface area (Å²) in [4.78, 5) is 13.6. The second kappa shape index (κ2) is 2.54. The number of Topliss-reactive ketones (excluding diaryl/α,β-unsaturated/α-hetero) is 1. The highest BCUT2D eigenvalue weighted by Gasteiger charge is 2.47. The van der Waals surface area contributed by atoms with Gasteiger partial charge in [0.05, 0.1) is 0 Å². The van der Waals surface area contributed by atoms with Crippen LogP contribution in [0, 0.1) is 0 Å². The lowest BCUT2D eigenvalue weighted by Gasteiger charge is -2.39. The fourth-order valence-electron chi connectivity index (χ4n) is 2.41. The fourth-order valence-corrected chi connectivity index (χ4v) is 2.41. The average molecular weight is 169 g/mol. The minimum atomic E-state index is -1.07. The van der Waals surface area contributed by atoms with Crippen LogP contribution in [-0.4, -0.2) is 40.5 Å². The minimum Gasteiger partial charge on any atom is -0.381 e. The first-order valence-corrected chi connectivity index (χ1v) is 4.62. The Kier molecular flexibility index (Phi) is 1.73. The van der Waals surface area contributed by atoms with Crippen molar-refractivity contribution in [3.05, 3.63) is 0 Å². The van der Waals surface area contributed by atoms with Crippen LogP contribution in [0.25, 0.3) is 0 Å². The van der Waals surface area contributed by atoms with E-state index in [4.69, 9.17) is 0 Å². The third-order valence-electron chi connectivity index (χ3n) is 3.20. The molecule has 0 bridgehead atoms. The Balaban J connectivity index is 2.23. The van der Waals surface area contributed by atoms with Crippen LogP contribution in [0.3, 0.4) is 0 Å². The van der Waals surface area contributed by atoms with Gasteiger partial charge >= 0.3 is 0 Å². The zero-order valence-corrected chi connectivity index (χ0v) is 7.42. The molecule has 1 N–H and O–H groups in total. The molecule has 3 nitrogen and oxygen atoms in total. The zero-order valence-electron chi connectivity index (χ0n) is 7.42. The zero-order chi connectivity index (χ0) is 8.77. The Labute approximate surface area is 72.4 Å². The first-order valence-electron chi connectivity index (χ1n) is 4.62. The summed E-state index contributed by atoms with van der Waals surface area (Å²) >= 11 is 0. The Hall–Kier alpha value is -0.410. The number of ketones is 1. The normalized spacial score (nSPS) is 43.2. The first kappa shape index (κ1) is 8.20. The molecule has 0 saturated carbocycles. The van der Waals surface area contributed by atoms with Gasteiger partial charge in [0.25, 0.3) is 0 Å². The number of carbonyl (C=O) groups excluding carboxylic acids is 1. The maximum absolute atomic E-state index is 11.4. The van der Waals surface area contributed by atoms with Crippen molar-refractivity contribution in [1.29, 1.82) is 0 Å². The van der Waals surface area contributed by atoms with Gasteiger partial charge in [-0.05, 0) is 26.3 Å². The van der Waals surface area contributed by atoms with Crippen molar-refractivity contribution in [2.45, 2.75) is 37.8 Å². The molecule has 2 aliphatic rings. The van der Waals surface area contributed by atoms with E-state index >= 15 is 0 Å². The van der Waals surface area contributed by atoms with Crippen molar-refractivity contribution in [3.63, 3.8) is 0 Å². The average Bonchev–Trinajstić information content (AvgIpc) is 2.46. The highest BCUT2D eigenvalue weighted by Crippen LogP contribution is 2.32. The molecule has 68 valence electrons. The molecule has 0 spiro atoms. The van der Waals surface area contributed by atoms with Gasteiger partial charge in [-0.25, -0.2) is 0 Å². The quantitative estimate of drug-likeness (QED) is 0.562. The van der Waals surface area contributed by atoms with Crippen molar-refractivity contribution in [1.82, 2.24) is 4.90 Å². The molecule has 2 atom stereocenters. The van der Waals surface area contributed by atoms with E-state index in [1.807, 2.05) is 0 Å². The summed E-state index contributed by atoms with van der Waals surface area (Å²) in [5.74, 6) is 0.0191. The molecule has 2 fully saturated rings. The number of hydrogen-bond donors (Lipinski definition) is 1. The van der Waals surface area contributed by atoms with Gasteiger partial charge in [0.15, 0.2) is 5.78 Å². The maximum atomic E-state index is 11.4. The number of hydrogen-bond acceptors (Lipinski definition) is 3. The van der Waals surface area contributed by atoms with E-state index in [9.17, 15) is 9.90 Å². The molecule has 0 aliphatic carbocycles. The van der Waals surface area contributed by atoms with Gasteiger partial charge in [-0.2, -0.15) is 0 Å². The van der Waals surface area contributed by atoms with Crippen LogP contribution < -0.4 is 0 Å². The van der Waals surface area contributed by atoms with Crippen molar-refractivity contribution in [2.24, 2.45) is 0 Å². The molecular weight excluding hydrogens is 154 g/mol. The van der Waals surface area contributed by atoms with Crippen LogP contribution in [0.2, 0.25) is 0 Å². The maximum Gasteiger partial charge on any atom is 0.166 e. The molecule has 0 amide bonds. The number of fused-ring (bicyclic) bond motifs is 1. The van der Waals surface area contributed by atoms with E-state index in [0.29, 0.717) is 6.42 Å². The molecular formula is C9H15NO2. The Bertz CT molecular complexity index is 213. The van der Waals surface area contributed by atoms with Crippen LogP contribution in [0.5, 0.6) is 0 Å². The van der Waals surface area contributed by atoms with E-state index in [1.165, 1.54) is 0 Å². The van der Waals surface area contributed by atoms with Crippen molar-refractivity contribution in [3.8, 4) is 0 Å². The van der Waals surface area contributed by atoms with Crippen molar-refractivity contribution in [2.75, 3.05) is 13.1 Å². The molecule has 2 saturated heterocycles. The topological polar surface area (TPSA) is 40.5 Å². The summed E-state index contributed by atoms with van der Waals surface area (Å²) in [5.41, 5.74) is -1.07. The van der Waals surface area contributed by atoms with Gasteiger partial charge in [-0.1, -0.05) is 0 Å². The van der Waals surface area contributed by atoms with Gasteiger partial charge < -0.3 is 5.11 Å². The molecule has 12 heavy (non-hydrogen) atoms. The predicted molar refractivity (Wildman–Crippen MR) is 44.8 cm³/mol. The SMILES string of the molecule is C[C@]1(O)C(=O)CCN2CCCC21. The van der Waals surface area contributed by atoms with E-state index in [2.05, 4.69) is 4.90 Å². The van der Waals surface area contributed by atoms with Crippen LogP contribution in [0.15, 0.2) is 0 Å². The van der Waals surface area contributed by atoms with E-state index in [-0.39, 0.29) is 11.8 Å². The van der Waals surface area contributed by atoms with E-state index < -0.39 is 5.60 Å². The highest BCUT2D eigenvalue weighted by molar-refractivity contribution is 5.88. The number of piperidine rings is 1. The lowest BCUT2D eigenvalue weighted by Crippen LogP contribution is -2.57. The van der Waals surface area contributed by atoms with Crippen LogP contribution >= 0.6 is 0 Å². The van der Waals surface area contributed by atoms with Crippen LogP contribution in [0.4, 0.5) is 0 Å². The van der Waals surface area contributed by atoms with Crippen molar-refractivity contribution < 1.29 is 9.90 Å². The molecule has 2 aliphatic heterocycles. The summed E-state index contributed by atoms with van der Waals surface area (Å²) in [6.07, 6.45) is 2.61. The number of aliphatic hydroxyl groups is 1. The minimum absolute atomic E-state index is 0.0191. The number of carbonyl (C=O) groups is 1. The summed E-state index contributed by atoms with van der Waals surface area (Å²) in [6.45, 7) is 3.56. The highest BCUT2D eigenvalue weighted by atomic mass is 16.3. The second-order valence-corrected chi connectivity index (χ2v) is 4.01. The molecule has 1 unspecified atom stereocenters. The summed E-state index contributed by atoms with van der Waals surface area (Å²) in [7, 11) is 0. The molecule has 0 aromatic carbocycles. The molecule has 0 aromatic rings. The van der Waals surface area contributed by atoms with E-state index in [1.54, 1.807) is 6.92 Å². The monoisotopic (exact) mass is 169 g/mol.